The molecule has 6 nitrogen and oxygen atoms in total. The topological polar surface area (TPSA) is 69.9 Å². The number of rotatable bonds is 3. The molecule has 2 N–H and O–H groups in total. The predicted octanol–water partition coefficient (Wildman–Crippen LogP) is 2.82. The first-order valence-electron chi connectivity index (χ1n) is 10.6. The molecule has 3 aliphatic rings. The van der Waals surface area contributed by atoms with Crippen LogP contribution < -0.4 is 15.5 Å². The summed E-state index contributed by atoms with van der Waals surface area (Å²) in [5.41, 5.74) is 7.74. The molecule has 2 aliphatic heterocycles. The molecule has 30 heavy (non-hydrogen) atoms. The summed E-state index contributed by atoms with van der Waals surface area (Å²) in [5.74, 6) is -0.386. The lowest BCUT2D eigenvalue weighted by atomic mass is 9.86. The standard InChI is InChI=1S/C22H31FN4O2.ClH/c1-22(2,3)20(24)21(29)26-10-8-25(9-11-26)18-13-17-15(12-16(18)23)19(28)6-7-27(17)14-4-5-14;/h12-14,20H,4-11,24H2,1-3H3;1H/t20-;/m1./s1. The Bertz CT molecular complexity index is 829. The van der Waals surface area contributed by atoms with E-state index in [2.05, 4.69) is 4.90 Å². The highest BCUT2D eigenvalue weighted by molar-refractivity contribution is 6.04. The van der Waals surface area contributed by atoms with Crippen LogP contribution in [0.1, 0.15) is 50.4 Å². The average molecular weight is 439 g/mol. The number of Topliss-reactive ketones (excluding diaryl/α,β-unsaturated/α-hetero) is 1. The smallest absolute Gasteiger partial charge is 0.240 e. The molecule has 0 aromatic heterocycles. The van der Waals surface area contributed by atoms with Gasteiger partial charge in [0.2, 0.25) is 5.91 Å². The number of nitrogens with two attached hydrogens (primary N) is 1. The van der Waals surface area contributed by atoms with Gasteiger partial charge in [-0.1, -0.05) is 20.8 Å². The van der Waals surface area contributed by atoms with Crippen LogP contribution >= 0.6 is 12.4 Å². The molecule has 1 saturated carbocycles. The van der Waals surface area contributed by atoms with Crippen LogP contribution in [0.25, 0.3) is 0 Å². The van der Waals surface area contributed by atoms with E-state index in [0.29, 0.717) is 56.4 Å². The number of carbonyl (C=O) groups is 2. The SMILES string of the molecule is CC(C)(C)[C@H](N)C(=O)N1CCN(c2cc3c(cc2F)C(=O)CCN3C2CC2)CC1.Cl. The fourth-order valence-electron chi connectivity index (χ4n) is 4.23. The third kappa shape index (κ3) is 4.28. The van der Waals surface area contributed by atoms with E-state index in [9.17, 15) is 14.0 Å². The maximum Gasteiger partial charge on any atom is 0.240 e. The summed E-state index contributed by atoms with van der Waals surface area (Å²) in [6.45, 7) is 8.73. The van der Waals surface area contributed by atoms with Crippen molar-refractivity contribution < 1.29 is 14.0 Å². The van der Waals surface area contributed by atoms with E-state index in [0.717, 1.165) is 18.5 Å². The second kappa shape index (κ2) is 8.35. The van der Waals surface area contributed by atoms with Crippen LogP contribution in [0.5, 0.6) is 0 Å². The number of nitrogens with zero attached hydrogens (tertiary/aromatic N) is 3. The van der Waals surface area contributed by atoms with Gasteiger partial charge in [-0.15, -0.1) is 12.4 Å². The van der Waals surface area contributed by atoms with Gasteiger partial charge in [0.05, 0.1) is 17.4 Å². The number of ketones is 1. The Hall–Kier alpha value is -1.86. The molecule has 8 heteroatoms. The maximum atomic E-state index is 14.9. The number of amides is 1. The number of carbonyl (C=O) groups excluding carboxylic acids is 2. The van der Waals surface area contributed by atoms with Crippen LogP contribution in [-0.4, -0.2) is 61.4 Å². The molecule has 2 heterocycles. The van der Waals surface area contributed by atoms with Crippen molar-refractivity contribution in [2.24, 2.45) is 11.1 Å². The fourth-order valence-corrected chi connectivity index (χ4v) is 4.23. The Labute approximate surface area is 184 Å². The first-order chi connectivity index (χ1) is 13.7. The zero-order chi connectivity index (χ0) is 20.9. The summed E-state index contributed by atoms with van der Waals surface area (Å²) < 4.78 is 14.9. The minimum absolute atomic E-state index is 0. The maximum absolute atomic E-state index is 14.9. The summed E-state index contributed by atoms with van der Waals surface area (Å²) in [6, 6.07) is 3.19. The van der Waals surface area contributed by atoms with Crippen LogP contribution in [0.4, 0.5) is 15.8 Å². The normalized spacial score (nSPS) is 20.6. The number of hydrogen-bond donors (Lipinski definition) is 1. The highest BCUT2D eigenvalue weighted by Crippen LogP contribution is 2.40. The molecule has 1 atom stereocenters. The third-order valence-electron chi connectivity index (χ3n) is 6.37. The second-order valence-corrected chi connectivity index (χ2v) is 9.57. The zero-order valence-corrected chi connectivity index (χ0v) is 18.8. The molecule has 0 radical (unpaired) electrons. The Morgan fingerprint density at radius 2 is 1.73 bits per heavy atom. The summed E-state index contributed by atoms with van der Waals surface area (Å²) in [5, 5.41) is 0. The molecule has 1 amide bonds. The average Bonchev–Trinajstić information content (AvgIpc) is 3.52. The first kappa shape index (κ1) is 22.8. The largest absolute Gasteiger partial charge is 0.367 e. The van der Waals surface area contributed by atoms with Crippen molar-refractivity contribution in [3.05, 3.63) is 23.5 Å². The lowest BCUT2D eigenvalue weighted by Gasteiger charge is -2.40. The first-order valence-corrected chi connectivity index (χ1v) is 10.6. The summed E-state index contributed by atoms with van der Waals surface area (Å²) in [6.07, 6.45) is 2.72. The van der Waals surface area contributed by atoms with Gasteiger partial charge in [0, 0.05) is 50.7 Å². The zero-order valence-electron chi connectivity index (χ0n) is 18.0. The van der Waals surface area contributed by atoms with Gasteiger partial charge < -0.3 is 20.4 Å². The monoisotopic (exact) mass is 438 g/mol. The summed E-state index contributed by atoms with van der Waals surface area (Å²) in [4.78, 5) is 31.0. The van der Waals surface area contributed by atoms with Gasteiger partial charge in [-0.05, 0) is 30.4 Å². The Balaban J connectivity index is 0.00000256. The summed E-state index contributed by atoms with van der Waals surface area (Å²) >= 11 is 0. The van der Waals surface area contributed by atoms with Crippen molar-refractivity contribution in [3.8, 4) is 0 Å². The molecular formula is C22H32ClFN4O2. The van der Waals surface area contributed by atoms with Crippen molar-refractivity contribution in [1.29, 1.82) is 0 Å². The second-order valence-electron chi connectivity index (χ2n) is 9.57. The van der Waals surface area contributed by atoms with Crippen molar-refractivity contribution in [2.45, 2.75) is 52.1 Å². The minimum Gasteiger partial charge on any atom is -0.367 e. The Morgan fingerprint density at radius 1 is 1.10 bits per heavy atom. The Kier molecular flexibility index (Phi) is 6.35. The summed E-state index contributed by atoms with van der Waals surface area (Å²) in [7, 11) is 0. The van der Waals surface area contributed by atoms with Gasteiger partial charge in [-0.3, -0.25) is 9.59 Å². The number of anilines is 2. The minimum atomic E-state index is -0.548. The third-order valence-corrected chi connectivity index (χ3v) is 6.37. The van der Waals surface area contributed by atoms with Crippen LogP contribution in [0.15, 0.2) is 12.1 Å². The number of fused-ring (bicyclic) bond motifs is 1. The van der Waals surface area contributed by atoms with Crippen molar-refractivity contribution in [1.82, 2.24) is 4.90 Å². The molecule has 4 rings (SSSR count). The number of halogens is 2. The van der Waals surface area contributed by atoms with E-state index < -0.39 is 6.04 Å². The highest BCUT2D eigenvalue weighted by atomic mass is 35.5. The van der Waals surface area contributed by atoms with E-state index in [1.807, 2.05) is 31.7 Å². The van der Waals surface area contributed by atoms with E-state index in [1.54, 1.807) is 4.90 Å². The van der Waals surface area contributed by atoms with E-state index in [4.69, 9.17) is 5.73 Å². The fraction of sp³-hybridized carbons (Fsp3) is 0.636. The molecule has 0 unspecified atom stereocenters. The van der Waals surface area contributed by atoms with Crippen molar-refractivity contribution in [3.63, 3.8) is 0 Å². The molecule has 1 aliphatic carbocycles. The van der Waals surface area contributed by atoms with E-state index >= 15 is 0 Å². The van der Waals surface area contributed by atoms with Crippen LogP contribution in [0, 0.1) is 11.2 Å². The molecule has 1 saturated heterocycles. The van der Waals surface area contributed by atoms with Crippen LogP contribution in [-0.2, 0) is 4.79 Å². The molecule has 1 aromatic carbocycles. The van der Waals surface area contributed by atoms with Crippen molar-refractivity contribution >= 4 is 35.5 Å². The lowest BCUT2D eigenvalue weighted by Crippen LogP contribution is -2.56. The van der Waals surface area contributed by atoms with Crippen LogP contribution in [0.3, 0.4) is 0 Å². The van der Waals surface area contributed by atoms with Gasteiger partial charge in [-0.25, -0.2) is 4.39 Å². The van der Waals surface area contributed by atoms with E-state index in [1.165, 1.54) is 6.07 Å². The van der Waals surface area contributed by atoms with Gasteiger partial charge >= 0.3 is 0 Å². The molecule has 166 valence electrons. The quantitative estimate of drug-likeness (QED) is 0.785. The van der Waals surface area contributed by atoms with Gasteiger partial charge in [0.25, 0.3) is 0 Å². The highest BCUT2D eigenvalue weighted by Gasteiger charge is 2.36. The molecule has 0 spiro atoms. The van der Waals surface area contributed by atoms with Crippen molar-refractivity contribution in [2.75, 3.05) is 42.5 Å². The lowest BCUT2D eigenvalue weighted by molar-refractivity contribution is -0.135. The predicted molar refractivity (Wildman–Crippen MR) is 119 cm³/mol. The molecular weight excluding hydrogens is 407 g/mol. The van der Waals surface area contributed by atoms with Gasteiger partial charge in [0.1, 0.15) is 5.82 Å². The number of benzene rings is 1. The van der Waals surface area contributed by atoms with Gasteiger partial charge in [-0.2, -0.15) is 0 Å². The number of piperazine rings is 1. The molecule has 0 bridgehead atoms. The molecule has 1 aromatic rings. The van der Waals surface area contributed by atoms with Crippen LogP contribution in [0.2, 0.25) is 0 Å². The Morgan fingerprint density at radius 3 is 2.30 bits per heavy atom. The van der Waals surface area contributed by atoms with Gasteiger partial charge in [0.15, 0.2) is 5.78 Å². The number of hydrogen-bond acceptors (Lipinski definition) is 5. The van der Waals surface area contributed by atoms with E-state index in [-0.39, 0.29) is 35.3 Å². The molecule has 2 fully saturated rings.